The van der Waals surface area contributed by atoms with Crippen molar-refractivity contribution in [3.05, 3.63) is 0 Å². The lowest BCUT2D eigenvalue weighted by atomic mass is 11.9. The third-order valence-corrected chi connectivity index (χ3v) is 39.8. The Morgan fingerprint density at radius 3 is 0.278 bits per heavy atom. The average molecular weight is 667 g/mol. The first-order chi connectivity index (χ1) is 15.4. The third kappa shape index (κ3) is 13.8. The fourth-order valence-electron chi connectivity index (χ4n) is 5.51. The van der Waals surface area contributed by atoms with Crippen LogP contribution in [0, 0.1) is 0 Å². The molecule has 1 aliphatic heterocycles. The highest BCUT2D eigenvalue weighted by molar-refractivity contribution is 6.94. The first-order valence-corrected chi connectivity index (χ1v) is 38.0. The summed E-state index contributed by atoms with van der Waals surface area (Å²) in [6.45, 7) is 37.2. The second-order valence-electron chi connectivity index (χ2n) is 13.5. The third-order valence-electron chi connectivity index (χ3n) is 4.42. The Balaban J connectivity index is 3.46. The van der Waals surface area contributed by atoms with Gasteiger partial charge in [0.15, 0.2) is 0 Å². The second-order valence-corrected chi connectivity index (χ2v) is 46.1. The van der Waals surface area contributed by atoms with E-state index in [9.17, 15) is 0 Å². The molecule has 0 spiro atoms. The lowest BCUT2D eigenvalue weighted by Crippen LogP contribution is -2.64. The van der Waals surface area contributed by atoms with E-state index in [1.165, 1.54) is 0 Å². The summed E-state index contributed by atoms with van der Waals surface area (Å²) in [6.07, 6.45) is 0. The van der Waals surface area contributed by atoms with Crippen LogP contribution in [0.2, 0.25) is 118 Å². The number of hydrogen-bond donors (Lipinski definition) is 0. The molecule has 18 heteroatoms. The van der Waals surface area contributed by atoms with Crippen molar-refractivity contribution < 1.29 is 37.0 Å². The molecule has 0 unspecified atom stereocenters. The molecule has 0 N–H and O–H groups in total. The van der Waals surface area contributed by atoms with Crippen molar-refractivity contribution in [1.82, 2.24) is 0 Å². The van der Waals surface area contributed by atoms with Crippen LogP contribution in [0.15, 0.2) is 0 Å². The van der Waals surface area contributed by atoms with Crippen molar-refractivity contribution in [3.8, 4) is 0 Å². The van der Waals surface area contributed by atoms with Gasteiger partial charge in [-0.2, -0.15) is 0 Å². The molecule has 1 aliphatic rings. The molecular weight excluding hydrogens is 613 g/mol. The monoisotopic (exact) mass is 666 g/mol. The van der Waals surface area contributed by atoms with Crippen LogP contribution < -0.4 is 0 Å². The fourth-order valence-corrected chi connectivity index (χ4v) is 53.0. The van der Waals surface area contributed by atoms with Crippen LogP contribution in [0.4, 0.5) is 0 Å². The van der Waals surface area contributed by atoms with Gasteiger partial charge in [0.1, 0.15) is 0 Å². The first-order valence-electron chi connectivity index (χ1n) is 12.7. The van der Waals surface area contributed by atoms with Gasteiger partial charge in [-0.15, -0.1) is 0 Å². The normalized spacial score (nSPS) is 31.5. The van der Waals surface area contributed by atoms with Crippen LogP contribution in [-0.4, -0.2) is 77.0 Å². The van der Waals surface area contributed by atoms with E-state index in [4.69, 9.17) is 37.0 Å². The Morgan fingerprint density at radius 2 is 0.222 bits per heavy atom. The zero-order valence-corrected chi connectivity index (χ0v) is 35.2. The summed E-state index contributed by atoms with van der Waals surface area (Å²) in [5, 5.41) is 0. The molecule has 0 aliphatic carbocycles. The number of rotatable bonds is 0. The minimum Gasteiger partial charge on any atom is -0.416 e. The molecule has 0 aromatic rings. The lowest BCUT2D eigenvalue weighted by molar-refractivity contribution is 0.242. The minimum absolute atomic E-state index is 2.07. The van der Waals surface area contributed by atoms with Gasteiger partial charge in [0.05, 0.1) is 0 Å². The molecule has 36 heavy (non-hydrogen) atoms. The van der Waals surface area contributed by atoms with Gasteiger partial charge in [0, 0.05) is 0 Å². The molecule has 0 aromatic heterocycles. The molecular formula is C18H54O9Si9. The molecule has 0 amide bonds. The van der Waals surface area contributed by atoms with Gasteiger partial charge < -0.3 is 37.0 Å². The lowest BCUT2D eigenvalue weighted by Gasteiger charge is -2.46. The summed E-state index contributed by atoms with van der Waals surface area (Å²) in [4.78, 5) is 0. The van der Waals surface area contributed by atoms with E-state index >= 15 is 0 Å². The quantitative estimate of drug-likeness (QED) is 0.270. The van der Waals surface area contributed by atoms with Crippen molar-refractivity contribution in [2.45, 2.75) is 118 Å². The highest BCUT2D eigenvalue weighted by Gasteiger charge is 2.52. The molecule has 1 heterocycles. The summed E-state index contributed by atoms with van der Waals surface area (Å²) in [6, 6.07) is 0. The Hall–Kier alpha value is 1.59. The Bertz CT molecular complexity index is 535. The van der Waals surface area contributed by atoms with E-state index in [0.717, 1.165) is 0 Å². The highest BCUT2D eigenvalue weighted by atomic mass is 28.5. The van der Waals surface area contributed by atoms with Crippen LogP contribution in [0.25, 0.3) is 0 Å². The maximum Gasteiger partial charge on any atom is 0.314 e. The smallest absolute Gasteiger partial charge is 0.314 e. The molecule has 0 bridgehead atoms. The topological polar surface area (TPSA) is 83.1 Å². The van der Waals surface area contributed by atoms with E-state index < -0.39 is 77.0 Å². The summed E-state index contributed by atoms with van der Waals surface area (Å²) in [5.41, 5.74) is 0. The first kappa shape index (κ1) is 35.6. The Kier molecular flexibility index (Phi) is 11.0. The number of hydrogen-bond acceptors (Lipinski definition) is 9. The van der Waals surface area contributed by atoms with Crippen molar-refractivity contribution in [3.63, 3.8) is 0 Å². The van der Waals surface area contributed by atoms with Crippen LogP contribution in [0.5, 0.6) is 0 Å². The maximum absolute atomic E-state index is 6.65. The predicted octanol–water partition coefficient (Wildman–Crippen LogP) is 6.47. The Morgan fingerprint density at radius 1 is 0.167 bits per heavy atom. The molecule has 0 saturated carbocycles. The minimum atomic E-state index is -2.59. The zero-order valence-electron chi connectivity index (χ0n) is 26.2. The van der Waals surface area contributed by atoms with E-state index in [0.29, 0.717) is 0 Å². The summed E-state index contributed by atoms with van der Waals surface area (Å²) < 4.78 is 59.9. The van der Waals surface area contributed by atoms with Crippen LogP contribution >= 0.6 is 0 Å². The van der Waals surface area contributed by atoms with E-state index in [1.807, 2.05) is 0 Å². The van der Waals surface area contributed by atoms with Gasteiger partial charge in [-0.25, -0.2) is 0 Å². The molecule has 9 nitrogen and oxygen atoms in total. The van der Waals surface area contributed by atoms with Crippen molar-refractivity contribution in [2.24, 2.45) is 0 Å². The molecule has 1 fully saturated rings. The van der Waals surface area contributed by atoms with Gasteiger partial charge in [-0.1, -0.05) is 0 Å². The molecule has 1 saturated heterocycles. The van der Waals surface area contributed by atoms with E-state index in [2.05, 4.69) is 118 Å². The SMILES string of the molecule is C[Si]1(C)O[Si](C)(C)O[Si](C)(C)O[Si](C)(C)O[Si](C)(C)O[Si](C)(C)O[Si](C)(C)O[Si](C)(C)O[Si](C)(C)O1. The molecule has 1 rings (SSSR count). The summed E-state index contributed by atoms with van der Waals surface area (Å²) >= 11 is 0. The summed E-state index contributed by atoms with van der Waals surface area (Å²) in [5.74, 6) is 0. The van der Waals surface area contributed by atoms with Crippen LogP contribution in [0.1, 0.15) is 0 Å². The predicted molar refractivity (Wildman–Crippen MR) is 167 cm³/mol. The molecule has 0 radical (unpaired) electrons. The van der Waals surface area contributed by atoms with E-state index in [-0.39, 0.29) is 0 Å². The van der Waals surface area contributed by atoms with Gasteiger partial charge in [-0.05, 0) is 118 Å². The van der Waals surface area contributed by atoms with Gasteiger partial charge in [0.2, 0.25) is 0 Å². The largest absolute Gasteiger partial charge is 0.416 e. The van der Waals surface area contributed by atoms with Gasteiger partial charge in [-0.3, -0.25) is 0 Å². The molecule has 216 valence electrons. The second kappa shape index (κ2) is 11.1. The highest BCUT2D eigenvalue weighted by Crippen LogP contribution is 2.31. The van der Waals surface area contributed by atoms with Crippen LogP contribution in [-0.2, 0) is 37.0 Å². The Labute approximate surface area is 231 Å². The standard InChI is InChI=1S/C18H54O9Si9/c1-28(2)19-29(3,4)21-31(7,8)23-33(11,12)25-35(15,16)27-36(17,18)26-34(13,14)24-32(9,10)22-30(5,6)20-28/h1-18H3. The van der Waals surface area contributed by atoms with E-state index in [1.54, 1.807) is 0 Å². The van der Waals surface area contributed by atoms with Gasteiger partial charge in [0.25, 0.3) is 0 Å². The zero-order chi connectivity index (χ0) is 28.9. The van der Waals surface area contributed by atoms with Crippen molar-refractivity contribution in [1.29, 1.82) is 0 Å². The molecule has 0 atom stereocenters. The average Bonchev–Trinajstić information content (AvgIpc) is 2.30. The van der Waals surface area contributed by atoms with Crippen molar-refractivity contribution in [2.75, 3.05) is 0 Å². The molecule has 0 aromatic carbocycles. The van der Waals surface area contributed by atoms with Crippen molar-refractivity contribution >= 4 is 77.0 Å². The van der Waals surface area contributed by atoms with Crippen LogP contribution in [0.3, 0.4) is 0 Å². The summed E-state index contributed by atoms with van der Waals surface area (Å²) in [7, 11) is -23.3. The van der Waals surface area contributed by atoms with Gasteiger partial charge >= 0.3 is 77.0 Å². The fraction of sp³-hybridized carbons (Fsp3) is 1.00. The maximum atomic E-state index is 6.65.